The molecule has 7 heteroatoms. The second kappa shape index (κ2) is 6.94. The molecular formula is C14H14N2O4S. The van der Waals surface area contributed by atoms with Crippen LogP contribution in [0.25, 0.3) is 0 Å². The summed E-state index contributed by atoms with van der Waals surface area (Å²) in [7, 11) is 3.00. The third-order valence-corrected chi connectivity index (χ3v) is 3.53. The van der Waals surface area contributed by atoms with Crippen LogP contribution >= 0.6 is 11.8 Å². The standard InChI is InChI=1S/C14H14N2O4S/c1-19-10-5-3-9(4-6-10)11(17)8-21-14-15-12(18)7-13(16-14)20-2/h3-7H,8H2,1-2H3,(H,15,16,18). The Morgan fingerprint density at radius 3 is 2.57 bits per heavy atom. The maximum atomic E-state index is 12.0. The van der Waals surface area contributed by atoms with E-state index in [0.29, 0.717) is 16.5 Å². The van der Waals surface area contributed by atoms with E-state index in [-0.39, 0.29) is 23.0 Å². The molecule has 0 saturated carbocycles. The first-order chi connectivity index (χ1) is 10.1. The molecule has 110 valence electrons. The number of aromatic nitrogens is 2. The number of ketones is 1. The average molecular weight is 306 g/mol. The highest BCUT2D eigenvalue weighted by Gasteiger charge is 2.09. The van der Waals surface area contributed by atoms with E-state index in [1.165, 1.54) is 13.2 Å². The van der Waals surface area contributed by atoms with Crippen molar-refractivity contribution in [2.45, 2.75) is 5.16 Å². The van der Waals surface area contributed by atoms with Gasteiger partial charge in [0, 0.05) is 5.56 Å². The summed E-state index contributed by atoms with van der Waals surface area (Å²) in [5.41, 5.74) is 0.259. The Bertz CT molecular complexity index is 682. The Balaban J connectivity index is 2.03. The van der Waals surface area contributed by atoms with Crippen molar-refractivity contribution in [3.8, 4) is 11.6 Å². The summed E-state index contributed by atoms with van der Waals surface area (Å²) in [4.78, 5) is 30.0. The van der Waals surface area contributed by atoms with Crippen LogP contribution in [0.3, 0.4) is 0 Å². The quantitative estimate of drug-likeness (QED) is 0.497. The minimum Gasteiger partial charge on any atom is -0.497 e. The predicted octanol–water partition coefficient (Wildman–Crippen LogP) is 1.76. The van der Waals surface area contributed by atoms with Gasteiger partial charge in [-0.05, 0) is 24.3 Å². The molecule has 21 heavy (non-hydrogen) atoms. The summed E-state index contributed by atoms with van der Waals surface area (Å²) in [6.07, 6.45) is 0. The molecule has 1 aromatic carbocycles. The summed E-state index contributed by atoms with van der Waals surface area (Å²) >= 11 is 1.15. The first-order valence-corrected chi connectivity index (χ1v) is 7.06. The van der Waals surface area contributed by atoms with Gasteiger partial charge in [0.2, 0.25) is 5.88 Å². The number of thioether (sulfide) groups is 1. The van der Waals surface area contributed by atoms with E-state index in [1.807, 2.05) is 0 Å². The minimum absolute atomic E-state index is 0.0619. The van der Waals surface area contributed by atoms with E-state index in [4.69, 9.17) is 9.47 Å². The molecule has 0 aliphatic carbocycles. The topological polar surface area (TPSA) is 81.3 Å². The molecule has 0 saturated heterocycles. The molecule has 0 aliphatic heterocycles. The predicted molar refractivity (Wildman–Crippen MR) is 79.5 cm³/mol. The van der Waals surface area contributed by atoms with Crippen LogP contribution in [0.2, 0.25) is 0 Å². The molecule has 2 aromatic rings. The van der Waals surface area contributed by atoms with Gasteiger partial charge in [0.05, 0.1) is 26.0 Å². The third kappa shape index (κ3) is 4.09. The Morgan fingerprint density at radius 1 is 1.24 bits per heavy atom. The molecule has 1 aromatic heterocycles. The van der Waals surface area contributed by atoms with E-state index < -0.39 is 0 Å². The van der Waals surface area contributed by atoms with Gasteiger partial charge in [-0.3, -0.25) is 9.59 Å². The second-order valence-corrected chi connectivity index (χ2v) is 5.00. The molecule has 0 spiro atoms. The lowest BCUT2D eigenvalue weighted by atomic mass is 10.1. The number of methoxy groups -OCH3 is 2. The Hall–Kier alpha value is -2.28. The highest BCUT2D eigenvalue weighted by molar-refractivity contribution is 7.99. The molecule has 0 fully saturated rings. The molecule has 0 radical (unpaired) electrons. The monoisotopic (exact) mass is 306 g/mol. The van der Waals surface area contributed by atoms with Crippen LogP contribution in [0.15, 0.2) is 40.3 Å². The minimum atomic E-state index is -0.318. The van der Waals surface area contributed by atoms with Gasteiger partial charge in [0.15, 0.2) is 10.9 Å². The van der Waals surface area contributed by atoms with Crippen molar-refractivity contribution in [1.29, 1.82) is 0 Å². The van der Waals surface area contributed by atoms with E-state index >= 15 is 0 Å². The van der Waals surface area contributed by atoms with Crippen molar-refractivity contribution in [2.75, 3.05) is 20.0 Å². The van der Waals surface area contributed by atoms with Crippen LogP contribution in [0.5, 0.6) is 11.6 Å². The number of ether oxygens (including phenoxy) is 2. The van der Waals surface area contributed by atoms with Crippen molar-refractivity contribution in [3.63, 3.8) is 0 Å². The second-order valence-electron chi connectivity index (χ2n) is 4.03. The summed E-state index contributed by atoms with van der Waals surface area (Å²) < 4.78 is 9.95. The molecule has 0 aliphatic rings. The first kappa shape index (κ1) is 15.1. The molecular weight excluding hydrogens is 292 g/mol. The van der Waals surface area contributed by atoms with Crippen LogP contribution in [-0.4, -0.2) is 35.7 Å². The summed E-state index contributed by atoms with van der Waals surface area (Å²) in [6.45, 7) is 0. The van der Waals surface area contributed by atoms with Gasteiger partial charge in [0.25, 0.3) is 5.56 Å². The van der Waals surface area contributed by atoms with Gasteiger partial charge in [-0.15, -0.1) is 0 Å². The maximum Gasteiger partial charge on any atom is 0.255 e. The van der Waals surface area contributed by atoms with Crippen molar-refractivity contribution in [1.82, 2.24) is 9.97 Å². The fraction of sp³-hybridized carbons (Fsp3) is 0.214. The Kier molecular flexibility index (Phi) is 4.99. The van der Waals surface area contributed by atoms with E-state index in [0.717, 1.165) is 11.8 Å². The number of carbonyl (C=O) groups excluding carboxylic acids is 1. The van der Waals surface area contributed by atoms with E-state index in [1.54, 1.807) is 31.4 Å². The molecule has 6 nitrogen and oxygen atoms in total. The number of nitrogens with zero attached hydrogens (tertiary/aromatic N) is 1. The molecule has 2 rings (SSSR count). The summed E-state index contributed by atoms with van der Waals surface area (Å²) in [5.74, 6) is 1.02. The molecule has 0 amide bonds. The van der Waals surface area contributed by atoms with Gasteiger partial charge in [-0.1, -0.05) is 11.8 Å². The number of hydrogen-bond acceptors (Lipinski definition) is 6. The number of carbonyl (C=O) groups is 1. The lowest BCUT2D eigenvalue weighted by Crippen LogP contribution is -2.10. The number of benzene rings is 1. The molecule has 1 N–H and O–H groups in total. The zero-order valence-corrected chi connectivity index (χ0v) is 12.4. The lowest BCUT2D eigenvalue weighted by Gasteiger charge is -2.04. The summed E-state index contributed by atoms with van der Waals surface area (Å²) in [5, 5.41) is 0.348. The van der Waals surface area contributed by atoms with Crippen LogP contribution in [0.4, 0.5) is 0 Å². The number of hydrogen-bond donors (Lipinski definition) is 1. The molecule has 0 unspecified atom stereocenters. The number of Topliss-reactive ketones (excluding diaryl/α,β-unsaturated/α-hetero) is 1. The Labute approximate surface area is 125 Å². The normalized spacial score (nSPS) is 10.2. The molecule has 0 bridgehead atoms. The SMILES string of the molecule is COc1ccc(C(=O)CSc2nc(OC)cc(=O)[nH]2)cc1. The van der Waals surface area contributed by atoms with E-state index in [2.05, 4.69) is 9.97 Å². The van der Waals surface area contributed by atoms with Crippen molar-refractivity contribution in [3.05, 3.63) is 46.2 Å². The van der Waals surface area contributed by atoms with E-state index in [9.17, 15) is 9.59 Å². The average Bonchev–Trinajstić information content (AvgIpc) is 2.52. The highest BCUT2D eigenvalue weighted by Crippen LogP contribution is 2.17. The zero-order valence-electron chi connectivity index (χ0n) is 11.6. The number of aromatic amines is 1. The zero-order chi connectivity index (χ0) is 15.2. The number of H-pyrrole nitrogens is 1. The maximum absolute atomic E-state index is 12.0. The van der Waals surface area contributed by atoms with Crippen LogP contribution in [0.1, 0.15) is 10.4 Å². The molecule has 0 atom stereocenters. The fourth-order valence-corrected chi connectivity index (χ4v) is 2.34. The first-order valence-electron chi connectivity index (χ1n) is 6.08. The van der Waals surface area contributed by atoms with Gasteiger partial charge < -0.3 is 14.5 Å². The summed E-state index contributed by atoms with van der Waals surface area (Å²) in [6, 6.07) is 8.09. The largest absolute Gasteiger partial charge is 0.497 e. The Morgan fingerprint density at radius 2 is 1.95 bits per heavy atom. The van der Waals surface area contributed by atoms with Gasteiger partial charge in [-0.2, -0.15) is 4.98 Å². The van der Waals surface area contributed by atoms with Gasteiger partial charge >= 0.3 is 0 Å². The number of rotatable bonds is 6. The van der Waals surface area contributed by atoms with Crippen LogP contribution < -0.4 is 15.0 Å². The van der Waals surface area contributed by atoms with Crippen molar-refractivity contribution >= 4 is 17.5 Å². The van der Waals surface area contributed by atoms with Crippen molar-refractivity contribution in [2.24, 2.45) is 0 Å². The third-order valence-electron chi connectivity index (χ3n) is 2.66. The number of nitrogens with one attached hydrogen (secondary N) is 1. The fourth-order valence-electron chi connectivity index (χ4n) is 1.58. The van der Waals surface area contributed by atoms with Crippen LogP contribution in [-0.2, 0) is 0 Å². The molecule has 1 heterocycles. The van der Waals surface area contributed by atoms with Crippen LogP contribution in [0, 0.1) is 0 Å². The highest BCUT2D eigenvalue weighted by atomic mass is 32.2. The lowest BCUT2D eigenvalue weighted by molar-refractivity contribution is 0.102. The smallest absolute Gasteiger partial charge is 0.255 e. The van der Waals surface area contributed by atoms with Gasteiger partial charge in [0.1, 0.15) is 5.75 Å². The van der Waals surface area contributed by atoms with Gasteiger partial charge in [-0.25, -0.2) is 0 Å². The van der Waals surface area contributed by atoms with Crippen molar-refractivity contribution < 1.29 is 14.3 Å².